The fourth-order valence-electron chi connectivity index (χ4n) is 3.82. The second-order valence-electron chi connectivity index (χ2n) is 7.67. The molecule has 160 valence electrons. The summed E-state index contributed by atoms with van der Waals surface area (Å²) in [6.07, 6.45) is 6.34. The lowest BCUT2D eigenvalue weighted by molar-refractivity contribution is -0.140. The van der Waals surface area contributed by atoms with Crippen molar-refractivity contribution in [1.82, 2.24) is 0 Å². The molecule has 0 saturated heterocycles. The molecule has 0 radical (unpaired) electrons. The average molecular weight is 488 g/mol. The molecule has 0 saturated carbocycles. The first-order chi connectivity index (χ1) is 15.5. The standard InChI is InChI=1S/C27H22BrNO3/c28-22-15-16-25-24(17-22)27(32,26(31)29(25)19-21-12-5-2-6-13-21)18-23(30)14-8-7-11-20-9-3-1-4-10-20/h1-17,32H,18-19H2. The highest BCUT2D eigenvalue weighted by molar-refractivity contribution is 9.10. The Morgan fingerprint density at radius 2 is 1.66 bits per heavy atom. The number of benzene rings is 3. The number of nitrogens with zero attached hydrogens (tertiary/aromatic N) is 1. The molecule has 0 aromatic heterocycles. The SMILES string of the molecule is O=C(C=CC=Cc1ccccc1)CC1(O)C(=O)N(Cc2ccccc2)c2ccc(Br)cc21. The summed E-state index contributed by atoms with van der Waals surface area (Å²) in [6.45, 7) is 0.320. The van der Waals surface area contributed by atoms with Crippen molar-refractivity contribution in [2.75, 3.05) is 4.90 Å². The second-order valence-corrected chi connectivity index (χ2v) is 8.59. The summed E-state index contributed by atoms with van der Waals surface area (Å²) in [5.41, 5.74) is 1.11. The maximum Gasteiger partial charge on any atom is 0.264 e. The van der Waals surface area contributed by atoms with Gasteiger partial charge in [0, 0.05) is 10.0 Å². The van der Waals surface area contributed by atoms with Crippen molar-refractivity contribution < 1.29 is 14.7 Å². The molecule has 1 atom stereocenters. The predicted molar refractivity (Wildman–Crippen MR) is 130 cm³/mol. The molecule has 0 bridgehead atoms. The minimum atomic E-state index is -1.90. The van der Waals surface area contributed by atoms with Gasteiger partial charge in [-0.1, -0.05) is 94.8 Å². The number of allylic oxidation sites excluding steroid dienone is 3. The highest BCUT2D eigenvalue weighted by Crippen LogP contribution is 2.44. The minimum Gasteiger partial charge on any atom is -0.375 e. The summed E-state index contributed by atoms with van der Waals surface area (Å²) in [6, 6.07) is 24.6. The summed E-state index contributed by atoms with van der Waals surface area (Å²) in [5.74, 6) is -0.818. The summed E-state index contributed by atoms with van der Waals surface area (Å²) in [5, 5.41) is 11.4. The number of halogens is 1. The highest BCUT2D eigenvalue weighted by Gasteiger charge is 2.50. The second kappa shape index (κ2) is 9.47. The molecule has 0 aliphatic carbocycles. The van der Waals surface area contributed by atoms with Crippen LogP contribution in [0.3, 0.4) is 0 Å². The largest absolute Gasteiger partial charge is 0.375 e. The molecule has 1 amide bonds. The molecule has 4 rings (SSSR count). The Bertz CT molecular complexity index is 1190. The molecule has 0 spiro atoms. The maximum atomic E-state index is 13.3. The Hall–Kier alpha value is -3.28. The molecular weight excluding hydrogens is 466 g/mol. The number of aliphatic hydroxyl groups is 1. The van der Waals surface area contributed by atoms with E-state index in [1.807, 2.05) is 72.8 Å². The van der Waals surface area contributed by atoms with Gasteiger partial charge in [0.25, 0.3) is 5.91 Å². The zero-order chi connectivity index (χ0) is 22.6. The number of hydrogen-bond acceptors (Lipinski definition) is 3. The minimum absolute atomic E-state index is 0.320. The zero-order valence-corrected chi connectivity index (χ0v) is 18.9. The number of rotatable bonds is 7. The van der Waals surface area contributed by atoms with E-state index in [1.54, 1.807) is 29.2 Å². The van der Waals surface area contributed by atoms with E-state index >= 15 is 0 Å². The fourth-order valence-corrected chi connectivity index (χ4v) is 4.18. The van der Waals surface area contributed by atoms with E-state index in [2.05, 4.69) is 15.9 Å². The highest BCUT2D eigenvalue weighted by atomic mass is 79.9. The Kier molecular flexibility index (Phi) is 6.49. The lowest BCUT2D eigenvalue weighted by Gasteiger charge is -2.22. The van der Waals surface area contributed by atoms with Crippen LogP contribution in [0.2, 0.25) is 0 Å². The third kappa shape index (κ3) is 4.64. The van der Waals surface area contributed by atoms with Gasteiger partial charge in [0.2, 0.25) is 0 Å². The molecule has 1 heterocycles. The summed E-state index contributed by atoms with van der Waals surface area (Å²) < 4.78 is 0.734. The third-order valence-corrected chi connectivity index (χ3v) is 5.88. The smallest absolute Gasteiger partial charge is 0.264 e. The molecule has 1 N–H and O–H groups in total. The van der Waals surface area contributed by atoms with Crippen molar-refractivity contribution in [1.29, 1.82) is 0 Å². The predicted octanol–water partition coefficient (Wildman–Crippen LogP) is 5.41. The van der Waals surface area contributed by atoms with Gasteiger partial charge >= 0.3 is 0 Å². The van der Waals surface area contributed by atoms with E-state index in [9.17, 15) is 14.7 Å². The van der Waals surface area contributed by atoms with Crippen LogP contribution in [0.4, 0.5) is 5.69 Å². The van der Waals surface area contributed by atoms with Gasteiger partial charge in [-0.05, 0) is 35.4 Å². The first-order valence-corrected chi connectivity index (χ1v) is 11.1. The number of fused-ring (bicyclic) bond motifs is 1. The number of ketones is 1. The molecule has 4 nitrogen and oxygen atoms in total. The van der Waals surface area contributed by atoms with E-state index in [-0.39, 0.29) is 12.2 Å². The van der Waals surface area contributed by atoms with Gasteiger partial charge in [0.1, 0.15) is 0 Å². The number of carbonyl (C=O) groups is 2. The van der Waals surface area contributed by atoms with Crippen LogP contribution in [0.25, 0.3) is 6.08 Å². The van der Waals surface area contributed by atoms with Crippen molar-refractivity contribution in [2.24, 2.45) is 0 Å². The van der Waals surface area contributed by atoms with Gasteiger partial charge in [0.15, 0.2) is 11.4 Å². The molecule has 3 aromatic rings. The van der Waals surface area contributed by atoms with Crippen LogP contribution in [0, 0.1) is 0 Å². The maximum absolute atomic E-state index is 13.3. The third-order valence-electron chi connectivity index (χ3n) is 5.39. The van der Waals surface area contributed by atoms with Gasteiger partial charge in [0.05, 0.1) is 18.7 Å². The number of amides is 1. The molecule has 1 aliphatic rings. The van der Waals surface area contributed by atoms with Crippen LogP contribution in [-0.4, -0.2) is 16.8 Å². The fraction of sp³-hybridized carbons (Fsp3) is 0.111. The van der Waals surface area contributed by atoms with Crippen LogP contribution in [0.5, 0.6) is 0 Å². The Morgan fingerprint density at radius 3 is 2.38 bits per heavy atom. The van der Waals surface area contributed by atoms with E-state index in [0.29, 0.717) is 17.8 Å². The Labute approximate surface area is 195 Å². The lowest BCUT2D eigenvalue weighted by atomic mass is 9.90. The van der Waals surface area contributed by atoms with Crippen molar-refractivity contribution >= 4 is 39.4 Å². The van der Waals surface area contributed by atoms with Crippen LogP contribution < -0.4 is 4.90 Å². The molecule has 0 fully saturated rings. The quantitative estimate of drug-likeness (QED) is 0.357. The van der Waals surface area contributed by atoms with E-state index in [4.69, 9.17) is 0 Å². The van der Waals surface area contributed by atoms with Crippen molar-refractivity contribution in [3.63, 3.8) is 0 Å². The normalized spacial score (nSPS) is 17.9. The Morgan fingerprint density at radius 1 is 0.969 bits per heavy atom. The van der Waals surface area contributed by atoms with Gasteiger partial charge in [-0.15, -0.1) is 0 Å². The summed E-state index contributed by atoms with van der Waals surface area (Å²) >= 11 is 3.41. The number of anilines is 1. The molecule has 1 unspecified atom stereocenters. The molecule has 5 heteroatoms. The molecular formula is C27H22BrNO3. The molecule has 32 heavy (non-hydrogen) atoms. The van der Waals surface area contributed by atoms with E-state index < -0.39 is 11.5 Å². The van der Waals surface area contributed by atoms with Crippen molar-refractivity contribution in [3.8, 4) is 0 Å². The number of hydrogen-bond donors (Lipinski definition) is 1. The van der Waals surface area contributed by atoms with E-state index in [0.717, 1.165) is 15.6 Å². The average Bonchev–Trinajstić information content (AvgIpc) is 2.99. The molecule has 1 aliphatic heterocycles. The van der Waals surface area contributed by atoms with Crippen LogP contribution in [-0.2, 0) is 21.7 Å². The Balaban J connectivity index is 1.55. The summed E-state index contributed by atoms with van der Waals surface area (Å²) in [4.78, 5) is 27.5. The van der Waals surface area contributed by atoms with Crippen molar-refractivity contribution in [3.05, 3.63) is 118 Å². The monoisotopic (exact) mass is 487 g/mol. The van der Waals surface area contributed by atoms with Gasteiger partial charge in [-0.25, -0.2) is 0 Å². The van der Waals surface area contributed by atoms with Crippen LogP contribution in [0.15, 0.2) is 102 Å². The van der Waals surface area contributed by atoms with Crippen LogP contribution in [0.1, 0.15) is 23.1 Å². The van der Waals surface area contributed by atoms with Gasteiger partial charge < -0.3 is 10.0 Å². The topological polar surface area (TPSA) is 57.6 Å². The van der Waals surface area contributed by atoms with Crippen LogP contribution >= 0.6 is 15.9 Å². The van der Waals surface area contributed by atoms with Gasteiger partial charge in [-0.3, -0.25) is 9.59 Å². The van der Waals surface area contributed by atoms with E-state index in [1.165, 1.54) is 6.08 Å². The first-order valence-electron chi connectivity index (χ1n) is 10.3. The number of carbonyl (C=O) groups excluding carboxylic acids is 2. The molecule has 3 aromatic carbocycles. The first kappa shape index (κ1) is 21.9. The lowest BCUT2D eigenvalue weighted by Crippen LogP contribution is -2.41. The van der Waals surface area contributed by atoms with Gasteiger partial charge in [-0.2, -0.15) is 0 Å². The summed E-state index contributed by atoms with van der Waals surface area (Å²) in [7, 11) is 0. The zero-order valence-electron chi connectivity index (χ0n) is 17.3. The van der Waals surface area contributed by atoms with Crippen molar-refractivity contribution in [2.45, 2.75) is 18.6 Å².